The van der Waals surface area contributed by atoms with Gasteiger partial charge in [-0.05, 0) is 93.4 Å². The maximum atomic E-state index is 11.8. The van der Waals surface area contributed by atoms with Crippen molar-refractivity contribution >= 4 is 57.3 Å². The zero-order chi connectivity index (χ0) is 25.7. The first-order valence-corrected chi connectivity index (χ1v) is 12.2. The molecule has 0 fully saturated rings. The summed E-state index contributed by atoms with van der Waals surface area (Å²) >= 11 is 10.2. The normalized spacial score (nSPS) is 11.3. The minimum absolute atomic E-state index is 0.0135. The second-order valence-electron chi connectivity index (χ2n) is 7.28. The lowest BCUT2D eigenvalue weighted by Crippen LogP contribution is -1.99. The highest BCUT2D eigenvalue weighted by atomic mass is 79.9. The molecule has 0 aliphatic heterocycles. The summed E-state index contributed by atoms with van der Waals surface area (Å²) in [4.78, 5) is 22.8. The Balaban J connectivity index is 1.45. The monoisotopic (exact) mass is 586 g/mol. The Bertz CT molecular complexity index is 1440. The molecule has 1 aromatic heterocycles. The van der Waals surface area contributed by atoms with Crippen LogP contribution in [0.25, 0.3) is 17.5 Å². The van der Waals surface area contributed by atoms with Gasteiger partial charge in [-0.3, -0.25) is 0 Å². The summed E-state index contributed by atoms with van der Waals surface area (Å²) in [5, 5.41) is 27.2. The van der Waals surface area contributed by atoms with Gasteiger partial charge in [-0.15, -0.1) is 10.2 Å². The molecule has 0 atom stereocenters. The quantitative estimate of drug-likeness (QED) is 0.164. The Labute approximate surface area is 222 Å². The topological polar surface area (TPSA) is 123 Å². The molecule has 4 rings (SSSR count). The average molecular weight is 588 g/mol. The number of aromatic nitrogens is 2. The van der Waals surface area contributed by atoms with Crippen molar-refractivity contribution in [2.75, 3.05) is 0 Å². The van der Waals surface area contributed by atoms with Crippen molar-refractivity contribution in [3.63, 3.8) is 0 Å². The minimum Gasteiger partial charge on any atom is -0.488 e. The third-order valence-electron chi connectivity index (χ3n) is 4.75. The third-order valence-corrected chi connectivity index (χ3v) is 6.48. The Hall–Kier alpha value is -3.60. The fourth-order valence-electron chi connectivity index (χ4n) is 2.97. The average Bonchev–Trinajstić information content (AvgIpc) is 3.32. The molecular weight excluding hydrogens is 572 g/mol. The van der Waals surface area contributed by atoms with E-state index in [0.717, 1.165) is 17.3 Å². The Morgan fingerprint density at radius 3 is 2.39 bits per heavy atom. The summed E-state index contributed by atoms with van der Waals surface area (Å²) in [7, 11) is 0. The fourth-order valence-corrected chi connectivity index (χ4v) is 4.28. The van der Waals surface area contributed by atoms with Gasteiger partial charge in [0.2, 0.25) is 5.89 Å². The summed E-state index contributed by atoms with van der Waals surface area (Å²) in [5.41, 5.74) is 2.28. The van der Waals surface area contributed by atoms with Crippen molar-refractivity contribution in [1.29, 1.82) is 0 Å². The second kappa shape index (κ2) is 11.4. The standard InChI is InChI=1S/C25H16BrClN2O6S/c26-19-11-15(3-10-20(19)34-13-14-1-4-17(5-2-14)23(30)31)12-21(24(32)33)36-25-29-28-22(35-25)16-6-8-18(27)9-7-16/h1-12H,13H2,(H,30,31)(H,32,33)/b21-12-. The molecule has 2 N–H and O–H groups in total. The summed E-state index contributed by atoms with van der Waals surface area (Å²) < 4.78 is 12.0. The van der Waals surface area contributed by atoms with Crippen molar-refractivity contribution < 1.29 is 29.0 Å². The number of ether oxygens (including phenoxy) is 1. The smallest absolute Gasteiger partial charge is 0.342 e. The van der Waals surface area contributed by atoms with Gasteiger partial charge in [0.05, 0.1) is 10.0 Å². The first-order valence-electron chi connectivity index (χ1n) is 10.3. The number of aliphatic carboxylic acids is 1. The summed E-state index contributed by atoms with van der Waals surface area (Å²) in [5.74, 6) is -1.34. The van der Waals surface area contributed by atoms with Gasteiger partial charge in [-0.25, -0.2) is 9.59 Å². The maximum absolute atomic E-state index is 11.8. The van der Waals surface area contributed by atoms with Crippen LogP contribution >= 0.6 is 39.3 Å². The molecule has 0 saturated heterocycles. The Morgan fingerprint density at radius 2 is 1.75 bits per heavy atom. The number of thioether (sulfide) groups is 1. The largest absolute Gasteiger partial charge is 0.488 e. The predicted octanol–water partition coefficient (Wildman–Crippen LogP) is 6.65. The van der Waals surface area contributed by atoms with Crippen molar-refractivity contribution in [2.24, 2.45) is 0 Å². The van der Waals surface area contributed by atoms with Gasteiger partial charge >= 0.3 is 11.9 Å². The van der Waals surface area contributed by atoms with Crippen LogP contribution in [0.3, 0.4) is 0 Å². The molecule has 0 bridgehead atoms. The number of halogens is 2. The van der Waals surface area contributed by atoms with E-state index in [9.17, 15) is 14.7 Å². The number of nitrogens with zero attached hydrogens (tertiary/aromatic N) is 2. The van der Waals surface area contributed by atoms with Crippen LogP contribution in [-0.2, 0) is 11.4 Å². The molecule has 8 nitrogen and oxygen atoms in total. The first kappa shape index (κ1) is 25.5. The molecule has 0 radical (unpaired) electrons. The number of carboxylic acids is 2. The highest BCUT2D eigenvalue weighted by Gasteiger charge is 2.16. The van der Waals surface area contributed by atoms with Crippen LogP contribution in [0.2, 0.25) is 5.02 Å². The van der Waals surface area contributed by atoms with Crippen LogP contribution in [-0.4, -0.2) is 32.3 Å². The molecule has 1 heterocycles. The first-order chi connectivity index (χ1) is 17.3. The maximum Gasteiger partial charge on any atom is 0.342 e. The Kier molecular flexibility index (Phi) is 8.09. The van der Waals surface area contributed by atoms with Gasteiger partial charge in [-0.2, -0.15) is 0 Å². The number of aromatic carboxylic acids is 1. The molecule has 182 valence electrons. The van der Waals surface area contributed by atoms with E-state index >= 15 is 0 Å². The molecule has 0 amide bonds. The Morgan fingerprint density at radius 1 is 1.03 bits per heavy atom. The number of hydrogen-bond acceptors (Lipinski definition) is 7. The third kappa shape index (κ3) is 6.54. The zero-order valence-corrected chi connectivity index (χ0v) is 21.4. The molecule has 0 unspecified atom stereocenters. The van der Waals surface area contributed by atoms with Crippen LogP contribution < -0.4 is 4.74 Å². The van der Waals surface area contributed by atoms with Crippen LogP contribution in [0.5, 0.6) is 5.75 Å². The van der Waals surface area contributed by atoms with Gasteiger partial charge in [0, 0.05) is 10.6 Å². The molecule has 0 aliphatic carbocycles. The van der Waals surface area contributed by atoms with Crippen molar-refractivity contribution in [1.82, 2.24) is 10.2 Å². The minimum atomic E-state index is -1.15. The van der Waals surface area contributed by atoms with Gasteiger partial charge in [0.25, 0.3) is 5.22 Å². The van der Waals surface area contributed by atoms with E-state index in [-0.39, 0.29) is 28.2 Å². The van der Waals surface area contributed by atoms with Crippen molar-refractivity contribution in [2.45, 2.75) is 11.8 Å². The molecule has 0 saturated carbocycles. The van der Waals surface area contributed by atoms with Gasteiger partial charge in [-0.1, -0.05) is 29.8 Å². The summed E-state index contributed by atoms with van der Waals surface area (Å²) in [6.45, 7) is 0.233. The van der Waals surface area contributed by atoms with E-state index in [1.54, 1.807) is 54.6 Å². The number of hydrogen-bond donors (Lipinski definition) is 2. The van der Waals surface area contributed by atoms with Gasteiger partial charge in [0.1, 0.15) is 17.3 Å². The zero-order valence-electron chi connectivity index (χ0n) is 18.2. The molecule has 36 heavy (non-hydrogen) atoms. The highest BCUT2D eigenvalue weighted by Crippen LogP contribution is 2.32. The van der Waals surface area contributed by atoms with E-state index in [4.69, 9.17) is 25.9 Å². The SMILES string of the molecule is O=C(O)/C(=C/c1ccc(OCc2ccc(C(=O)O)cc2)c(Br)c1)Sc1nnc(-c2ccc(Cl)cc2)o1. The second-order valence-corrected chi connectivity index (χ2v) is 9.56. The van der Waals surface area contributed by atoms with Gasteiger partial charge in [0.15, 0.2) is 0 Å². The number of benzene rings is 3. The fraction of sp³-hybridized carbons (Fsp3) is 0.0400. The lowest BCUT2D eigenvalue weighted by atomic mass is 10.1. The van der Waals surface area contributed by atoms with E-state index in [2.05, 4.69) is 26.1 Å². The molecule has 0 spiro atoms. The lowest BCUT2D eigenvalue weighted by Gasteiger charge is -2.09. The van der Waals surface area contributed by atoms with Crippen LogP contribution in [0.4, 0.5) is 0 Å². The van der Waals surface area contributed by atoms with Crippen molar-refractivity contribution in [3.05, 3.63) is 97.8 Å². The highest BCUT2D eigenvalue weighted by molar-refractivity contribution is 9.10. The summed E-state index contributed by atoms with van der Waals surface area (Å²) in [6.07, 6.45) is 1.48. The van der Waals surface area contributed by atoms with Crippen LogP contribution in [0.15, 0.2) is 85.7 Å². The van der Waals surface area contributed by atoms with E-state index in [1.165, 1.54) is 18.2 Å². The molecule has 4 aromatic rings. The summed E-state index contributed by atoms with van der Waals surface area (Å²) in [6, 6.07) is 18.4. The predicted molar refractivity (Wildman–Crippen MR) is 138 cm³/mol. The number of carbonyl (C=O) groups is 2. The van der Waals surface area contributed by atoms with Crippen LogP contribution in [0, 0.1) is 0 Å². The molecule has 11 heteroatoms. The molecule has 3 aromatic carbocycles. The van der Waals surface area contributed by atoms with Gasteiger partial charge < -0.3 is 19.4 Å². The van der Waals surface area contributed by atoms with E-state index in [1.807, 2.05) is 0 Å². The molecular formula is C25H16BrClN2O6S. The van der Waals surface area contributed by atoms with Crippen molar-refractivity contribution in [3.8, 4) is 17.2 Å². The van der Waals surface area contributed by atoms with Crippen LogP contribution in [0.1, 0.15) is 21.5 Å². The lowest BCUT2D eigenvalue weighted by molar-refractivity contribution is -0.131. The van der Waals surface area contributed by atoms with E-state index in [0.29, 0.717) is 26.4 Å². The number of carboxylic acid groups (broad SMARTS) is 2. The number of rotatable bonds is 9. The molecule has 0 aliphatic rings. The van der Waals surface area contributed by atoms with E-state index < -0.39 is 11.9 Å².